The maximum Gasteiger partial charge on any atom is 0.356 e. The van der Waals surface area contributed by atoms with Crippen molar-refractivity contribution in [1.29, 1.82) is 0 Å². The lowest BCUT2D eigenvalue weighted by Gasteiger charge is -2.07. The zero-order valence-corrected chi connectivity index (χ0v) is 11.7. The van der Waals surface area contributed by atoms with Crippen molar-refractivity contribution in [2.45, 2.75) is 0 Å². The van der Waals surface area contributed by atoms with Crippen molar-refractivity contribution in [3.8, 4) is 16.9 Å². The number of aromatic carboxylic acids is 1. The fourth-order valence-corrected chi connectivity index (χ4v) is 2.29. The van der Waals surface area contributed by atoms with Crippen LogP contribution in [0.5, 0.6) is 0 Å². The molecule has 8 heteroatoms. The van der Waals surface area contributed by atoms with Crippen LogP contribution in [0.2, 0.25) is 5.02 Å². The summed E-state index contributed by atoms with van der Waals surface area (Å²) in [5, 5.41) is 17.4. The standard InChI is InChI=1S/C13H10ClN5O2/c1-18-12(5-10(17-18)13(20)21)8-2-3-11(9(14)4-8)19-7-15-6-16-19/h2-7H,1H3,(H,20,21). The Balaban J connectivity index is 2.05. The molecule has 0 saturated carbocycles. The fourth-order valence-electron chi connectivity index (χ4n) is 2.03. The third-order valence-corrected chi connectivity index (χ3v) is 3.31. The number of benzene rings is 1. The van der Waals surface area contributed by atoms with E-state index in [9.17, 15) is 4.79 Å². The third kappa shape index (κ3) is 2.38. The molecule has 0 unspecified atom stereocenters. The van der Waals surface area contributed by atoms with Gasteiger partial charge in [0, 0.05) is 12.6 Å². The molecule has 3 rings (SSSR count). The van der Waals surface area contributed by atoms with Crippen LogP contribution >= 0.6 is 11.6 Å². The molecule has 0 saturated heterocycles. The summed E-state index contributed by atoms with van der Waals surface area (Å²) in [5.41, 5.74) is 2.12. The van der Waals surface area contributed by atoms with Crippen LogP contribution in [-0.4, -0.2) is 35.6 Å². The van der Waals surface area contributed by atoms with Gasteiger partial charge < -0.3 is 5.11 Å². The second-order valence-corrected chi connectivity index (χ2v) is 4.76. The highest BCUT2D eigenvalue weighted by Gasteiger charge is 2.14. The minimum absolute atomic E-state index is 0.0102. The molecule has 0 fully saturated rings. The lowest BCUT2D eigenvalue weighted by Crippen LogP contribution is -1.99. The van der Waals surface area contributed by atoms with Crippen molar-refractivity contribution in [2.75, 3.05) is 0 Å². The van der Waals surface area contributed by atoms with E-state index >= 15 is 0 Å². The van der Waals surface area contributed by atoms with Gasteiger partial charge in [0.05, 0.1) is 16.4 Å². The molecule has 7 nitrogen and oxygen atoms in total. The highest BCUT2D eigenvalue weighted by atomic mass is 35.5. The number of carbonyl (C=O) groups is 1. The monoisotopic (exact) mass is 303 g/mol. The van der Waals surface area contributed by atoms with E-state index in [4.69, 9.17) is 16.7 Å². The van der Waals surface area contributed by atoms with E-state index in [1.54, 1.807) is 30.2 Å². The Morgan fingerprint density at radius 3 is 2.71 bits per heavy atom. The normalized spacial score (nSPS) is 10.8. The number of aryl methyl sites for hydroxylation is 1. The van der Waals surface area contributed by atoms with Crippen LogP contribution in [0.25, 0.3) is 16.9 Å². The molecule has 2 aromatic heterocycles. The Labute approximate surface area is 124 Å². The van der Waals surface area contributed by atoms with Gasteiger partial charge in [-0.1, -0.05) is 17.7 Å². The minimum Gasteiger partial charge on any atom is -0.476 e. The summed E-state index contributed by atoms with van der Waals surface area (Å²) < 4.78 is 3.06. The number of nitrogens with zero attached hydrogens (tertiary/aromatic N) is 5. The number of hydrogen-bond donors (Lipinski definition) is 1. The van der Waals surface area contributed by atoms with Gasteiger partial charge in [-0.15, -0.1) is 0 Å². The molecule has 1 N–H and O–H groups in total. The topological polar surface area (TPSA) is 85.8 Å². The Bertz CT molecular complexity index is 810. The van der Waals surface area contributed by atoms with Crippen LogP contribution in [0, 0.1) is 0 Å². The maximum atomic E-state index is 11.0. The summed E-state index contributed by atoms with van der Waals surface area (Å²) in [6, 6.07) is 6.86. The smallest absolute Gasteiger partial charge is 0.356 e. The first kappa shape index (κ1) is 13.3. The second-order valence-electron chi connectivity index (χ2n) is 4.35. The summed E-state index contributed by atoms with van der Waals surface area (Å²) in [4.78, 5) is 14.8. The quantitative estimate of drug-likeness (QED) is 0.800. The van der Waals surface area contributed by atoms with Gasteiger partial charge in [-0.25, -0.2) is 14.5 Å². The van der Waals surface area contributed by atoms with Gasteiger partial charge in [0.15, 0.2) is 5.69 Å². The van der Waals surface area contributed by atoms with E-state index in [0.717, 1.165) is 5.56 Å². The number of carboxylic acid groups (broad SMARTS) is 1. The van der Waals surface area contributed by atoms with Crippen molar-refractivity contribution in [3.05, 3.63) is 47.6 Å². The molecule has 0 aliphatic heterocycles. The first-order chi connectivity index (χ1) is 10.1. The lowest BCUT2D eigenvalue weighted by molar-refractivity contribution is 0.0689. The van der Waals surface area contributed by atoms with Gasteiger partial charge in [0.25, 0.3) is 0 Å². The van der Waals surface area contributed by atoms with E-state index in [2.05, 4.69) is 15.2 Å². The number of carboxylic acids is 1. The van der Waals surface area contributed by atoms with Crippen molar-refractivity contribution in [2.24, 2.45) is 7.05 Å². The average Bonchev–Trinajstić information content (AvgIpc) is 3.07. The highest BCUT2D eigenvalue weighted by Crippen LogP contribution is 2.27. The van der Waals surface area contributed by atoms with Crippen molar-refractivity contribution < 1.29 is 9.90 Å². The SMILES string of the molecule is Cn1nc(C(=O)O)cc1-c1ccc(-n2cncn2)c(Cl)c1. The largest absolute Gasteiger partial charge is 0.476 e. The van der Waals surface area contributed by atoms with Gasteiger partial charge >= 0.3 is 5.97 Å². The van der Waals surface area contributed by atoms with E-state index in [-0.39, 0.29) is 5.69 Å². The summed E-state index contributed by atoms with van der Waals surface area (Å²) in [6.07, 6.45) is 2.97. The number of aromatic nitrogens is 5. The Morgan fingerprint density at radius 2 is 2.14 bits per heavy atom. The van der Waals surface area contributed by atoms with Gasteiger partial charge in [-0.05, 0) is 18.2 Å². The molecule has 0 bridgehead atoms. The molecule has 106 valence electrons. The lowest BCUT2D eigenvalue weighted by atomic mass is 10.1. The first-order valence-electron chi connectivity index (χ1n) is 5.98. The second kappa shape index (κ2) is 5.02. The molecular formula is C13H10ClN5O2. The summed E-state index contributed by atoms with van der Waals surface area (Å²) >= 11 is 6.26. The van der Waals surface area contributed by atoms with E-state index in [1.807, 2.05) is 6.07 Å². The molecule has 1 aromatic carbocycles. The zero-order chi connectivity index (χ0) is 15.0. The third-order valence-electron chi connectivity index (χ3n) is 3.01. The van der Waals surface area contributed by atoms with Gasteiger partial charge in [-0.2, -0.15) is 10.2 Å². The van der Waals surface area contributed by atoms with E-state index in [0.29, 0.717) is 16.4 Å². The molecule has 0 spiro atoms. The minimum atomic E-state index is -1.07. The van der Waals surface area contributed by atoms with Crippen molar-refractivity contribution >= 4 is 17.6 Å². The van der Waals surface area contributed by atoms with Crippen LogP contribution in [0.4, 0.5) is 0 Å². The Kier molecular flexibility index (Phi) is 3.19. The highest BCUT2D eigenvalue weighted by molar-refractivity contribution is 6.32. The van der Waals surface area contributed by atoms with Crippen LogP contribution in [0.1, 0.15) is 10.5 Å². The number of hydrogen-bond acceptors (Lipinski definition) is 4. The summed E-state index contributed by atoms with van der Waals surface area (Å²) in [6.45, 7) is 0. The van der Waals surface area contributed by atoms with Crippen molar-refractivity contribution in [1.82, 2.24) is 24.5 Å². The maximum absolute atomic E-state index is 11.0. The van der Waals surface area contributed by atoms with Gasteiger partial charge in [-0.3, -0.25) is 4.68 Å². The van der Waals surface area contributed by atoms with E-state index in [1.165, 1.54) is 17.1 Å². The zero-order valence-electron chi connectivity index (χ0n) is 10.9. The van der Waals surface area contributed by atoms with Crippen LogP contribution in [0.3, 0.4) is 0 Å². The van der Waals surface area contributed by atoms with E-state index < -0.39 is 5.97 Å². The predicted molar refractivity (Wildman–Crippen MR) is 75.5 cm³/mol. The molecule has 0 atom stereocenters. The van der Waals surface area contributed by atoms with Gasteiger partial charge in [0.2, 0.25) is 0 Å². The summed E-state index contributed by atoms with van der Waals surface area (Å²) in [5.74, 6) is -1.07. The molecule has 3 aromatic rings. The van der Waals surface area contributed by atoms with Crippen LogP contribution in [0.15, 0.2) is 36.9 Å². The van der Waals surface area contributed by atoms with Gasteiger partial charge in [0.1, 0.15) is 12.7 Å². The first-order valence-corrected chi connectivity index (χ1v) is 6.36. The molecule has 0 aliphatic carbocycles. The van der Waals surface area contributed by atoms with Crippen LogP contribution in [-0.2, 0) is 7.05 Å². The molecule has 2 heterocycles. The number of halogens is 1. The molecule has 0 amide bonds. The average molecular weight is 304 g/mol. The predicted octanol–water partition coefficient (Wildman–Crippen LogP) is 2.02. The number of rotatable bonds is 3. The Morgan fingerprint density at radius 1 is 1.33 bits per heavy atom. The molecule has 0 aliphatic rings. The molecule has 21 heavy (non-hydrogen) atoms. The molecule has 0 radical (unpaired) electrons. The fraction of sp³-hybridized carbons (Fsp3) is 0.0769. The summed E-state index contributed by atoms with van der Waals surface area (Å²) in [7, 11) is 1.68. The van der Waals surface area contributed by atoms with Crippen molar-refractivity contribution in [3.63, 3.8) is 0 Å². The Hall–Kier alpha value is -2.67. The van der Waals surface area contributed by atoms with Crippen LogP contribution < -0.4 is 0 Å². The molecular weight excluding hydrogens is 294 g/mol.